The van der Waals surface area contributed by atoms with Gasteiger partial charge in [0.05, 0.1) is 6.07 Å². The van der Waals surface area contributed by atoms with E-state index in [1.165, 1.54) is 0 Å². The molecule has 0 aliphatic rings. The van der Waals surface area contributed by atoms with Gasteiger partial charge in [-0.05, 0) is 20.0 Å². The van der Waals surface area contributed by atoms with Gasteiger partial charge in [0.1, 0.15) is 0 Å². The monoisotopic (exact) mass is 125 g/mol. The maximum absolute atomic E-state index is 8.19. The van der Waals surface area contributed by atoms with Crippen LogP contribution in [0.25, 0.3) is 0 Å². The normalized spacial score (nSPS) is 9.56. The minimum atomic E-state index is 0.622. The fourth-order valence-corrected chi connectivity index (χ4v) is 0.623. The van der Waals surface area contributed by atoms with Crippen molar-refractivity contribution in [2.24, 2.45) is 0 Å². The first-order chi connectivity index (χ1) is 4.31. The van der Waals surface area contributed by atoms with Crippen LogP contribution in [0.15, 0.2) is 0 Å². The number of hydrogen-bond acceptors (Lipinski definition) is 2. The molecule has 0 fully saturated rings. The molecular weight excluding hydrogens is 112 g/mol. The van der Waals surface area contributed by atoms with Crippen LogP contribution in [-0.2, 0) is 0 Å². The van der Waals surface area contributed by atoms with Gasteiger partial charge >= 0.3 is 0 Å². The van der Waals surface area contributed by atoms with Gasteiger partial charge in [-0.15, -0.1) is 0 Å². The summed E-state index contributed by atoms with van der Waals surface area (Å²) in [7, 11) is 2.00. The SMILES string of the molecule is [CH2]CCN(C)CCC#N. The van der Waals surface area contributed by atoms with E-state index < -0.39 is 0 Å². The fourth-order valence-electron chi connectivity index (χ4n) is 0.623. The lowest BCUT2D eigenvalue weighted by atomic mass is 10.4. The van der Waals surface area contributed by atoms with Gasteiger partial charge < -0.3 is 4.90 Å². The van der Waals surface area contributed by atoms with Crippen molar-refractivity contribution in [1.82, 2.24) is 4.90 Å². The molecular formula is C7H13N2. The van der Waals surface area contributed by atoms with Crippen LogP contribution in [0.2, 0.25) is 0 Å². The van der Waals surface area contributed by atoms with Gasteiger partial charge in [-0.25, -0.2) is 0 Å². The highest BCUT2D eigenvalue weighted by Crippen LogP contribution is 1.86. The van der Waals surface area contributed by atoms with Gasteiger partial charge in [-0.2, -0.15) is 5.26 Å². The third kappa shape index (κ3) is 5.32. The van der Waals surface area contributed by atoms with Gasteiger partial charge in [0.25, 0.3) is 0 Å². The first-order valence-electron chi connectivity index (χ1n) is 3.16. The van der Waals surface area contributed by atoms with Crippen molar-refractivity contribution in [1.29, 1.82) is 5.26 Å². The van der Waals surface area contributed by atoms with Crippen LogP contribution in [0.3, 0.4) is 0 Å². The van der Waals surface area contributed by atoms with E-state index >= 15 is 0 Å². The van der Waals surface area contributed by atoms with Crippen molar-refractivity contribution < 1.29 is 0 Å². The Morgan fingerprint density at radius 2 is 2.22 bits per heavy atom. The van der Waals surface area contributed by atoms with Crippen LogP contribution in [0.4, 0.5) is 0 Å². The van der Waals surface area contributed by atoms with Crippen LogP contribution < -0.4 is 0 Å². The van der Waals surface area contributed by atoms with Crippen LogP contribution in [0, 0.1) is 18.3 Å². The van der Waals surface area contributed by atoms with Crippen LogP contribution in [0.1, 0.15) is 12.8 Å². The topological polar surface area (TPSA) is 27.0 Å². The van der Waals surface area contributed by atoms with Gasteiger partial charge in [0.15, 0.2) is 0 Å². The molecule has 0 aromatic rings. The summed E-state index contributed by atoms with van der Waals surface area (Å²) in [5, 5.41) is 8.19. The zero-order chi connectivity index (χ0) is 7.11. The average Bonchev–Trinajstić information content (AvgIpc) is 1.85. The van der Waals surface area contributed by atoms with E-state index in [2.05, 4.69) is 17.9 Å². The molecule has 0 unspecified atom stereocenters. The first-order valence-corrected chi connectivity index (χ1v) is 3.16. The summed E-state index contributed by atoms with van der Waals surface area (Å²) >= 11 is 0. The minimum absolute atomic E-state index is 0.622. The summed E-state index contributed by atoms with van der Waals surface area (Å²) in [5.41, 5.74) is 0. The van der Waals surface area contributed by atoms with E-state index in [0.717, 1.165) is 19.5 Å². The molecule has 1 radical (unpaired) electrons. The molecule has 0 aliphatic carbocycles. The summed E-state index contributed by atoms with van der Waals surface area (Å²) in [5.74, 6) is 0. The number of nitriles is 1. The van der Waals surface area contributed by atoms with Crippen LogP contribution in [-0.4, -0.2) is 25.0 Å². The van der Waals surface area contributed by atoms with Crippen LogP contribution >= 0.6 is 0 Å². The second-order valence-electron chi connectivity index (χ2n) is 2.06. The summed E-state index contributed by atoms with van der Waals surface area (Å²) in [6.07, 6.45) is 1.54. The Kier molecular flexibility index (Phi) is 5.24. The average molecular weight is 125 g/mol. The van der Waals surface area contributed by atoms with E-state index in [-0.39, 0.29) is 0 Å². The Bertz CT molecular complexity index is 93.6. The standard InChI is InChI=1S/C7H13N2/c1-3-6-9(2)7-4-5-8/h1,3-4,6-7H2,2H3. The molecule has 0 aromatic carbocycles. The molecule has 0 rings (SSSR count). The van der Waals surface area contributed by atoms with Gasteiger partial charge in [0.2, 0.25) is 0 Å². The van der Waals surface area contributed by atoms with Crippen molar-refractivity contribution in [3.8, 4) is 6.07 Å². The largest absolute Gasteiger partial charge is 0.305 e. The molecule has 0 spiro atoms. The Labute approximate surface area is 57.1 Å². The second kappa shape index (κ2) is 5.58. The third-order valence-corrected chi connectivity index (χ3v) is 1.15. The lowest BCUT2D eigenvalue weighted by molar-refractivity contribution is 0.348. The number of rotatable bonds is 4. The minimum Gasteiger partial charge on any atom is -0.305 e. The molecule has 9 heavy (non-hydrogen) atoms. The van der Waals surface area contributed by atoms with Gasteiger partial charge in [0, 0.05) is 13.0 Å². The van der Waals surface area contributed by atoms with E-state index in [9.17, 15) is 0 Å². The first kappa shape index (κ1) is 8.45. The lowest BCUT2D eigenvalue weighted by Gasteiger charge is -2.11. The lowest BCUT2D eigenvalue weighted by Crippen LogP contribution is -2.19. The molecule has 0 aliphatic heterocycles. The van der Waals surface area contributed by atoms with Crippen molar-refractivity contribution >= 4 is 0 Å². The highest BCUT2D eigenvalue weighted by Gasteiger charge is 1.92. The zero-order valence-corrected chi connectivity index (χ0v) is 5.93. The molecule has 2 heteroatoms. The summed E-state index contributed by atoms with van der Waals surface area (Å²) in [6.45, 7) is 5.56. The van der Waals surface area contributed by atoms with E-state index in [1.54, 1.807) is 0 Å². The van der Waals surface area contributed by atoms with Crippen LogP contribution in [0.5, 0.6) is 0 Å². The Morgan fingerprint density at radius 1 is 1.56 bits per heavy atom. The molecule has 2 nitrogen and oxygen atoms in total. The quantitative estimate of drug-likeness (QED) is 0.561. The molecule has 0 amide bonds. The highest BCUT2D eigenvalue weighted by molar-refractivity contribution is 4.70. The summed E-state index contributed by atoms with van der Waals surface area (Å²) in [6, 6.07) is 2.09. The maximum Gasteiger partial charge on any atom is 0.0635 e. The maximum atomic E-state index is 8.19. The predicted octanol–water partition coefficient (Wildman–Crippen LogP) is 1.06. The zero-order valence-electron chi connectivity index (χ0n) is 5.93. The Morgan fingerprint density at radius 3 is 2.67 bits per heavy atom. The number of hydrogen-bond donors (Lipinski definition) is 0. The molecule has 0 atom stereocenters. The molecule has 0 aromatic heterocycles. The van der Waals surface area contributed by atoms with Gasteiger partial charge in [-0.1, -0.05) is 6.92 Å². The summed E-state index contributed by atoms with van der Waals surface area (Å²) < 4.78 is 0. The van der Waals surface area contributed by atoms with E-state index in [4.69, 9.17) is 5.26 Å². The predicted molar refractivity (Wildman–Crippen MR) is 37.7 cm³/mol. The van der Waals surface area contributed by atoms with E-state index in [0.29, 0.717) is 6.42 Å². The molecule has 0 saturated heterocycles. The summed E-state index contributed by atoms with van der Waals surface area (Å²) in [4.78, 5) is 2.11. The Hall–Kier alpha value is -0.550. The van der Waals surface area contributed by atoms with Crippen molar-refractivity contribution in [3.63, 3.8) is 0 Å². The van der Waals surface area contributed by atoms with E-state index in [1.807, 2.05) is 7.05 Å². The van der Waals surface area contributed by atoms with Crippen molar-refractivity contribution in [2.45, 2.75) is 12.8 Å². The Balaban J connectivity index is 3.07. The molecule has 0 bridgehead atoms. The fraction of sp³-hybridized carbons (Fsp3) is 0.714. The van der Waals surface area contributed by atoms with Gasteiger partial charge in [-0.3, -0.25) is 0 Å². The molecule has 0 N–H and O–H groups in total. The molecule has 0 heterocycles. The third-order valence-electron chi connectivity index (χ3n) is 1.15. The smallest absolute Gasteiger partial charge is 0.0635 e. The molecule has 51 valence electrons. The van der Waals surface area contributed by atoms with Crippen molar-refractivity contribution in [3.05, 3.63) is 6.92 Å². The number of nitrogens with zero attached hydrogens (tertiary/aromatic N) is 2. The second-order valence-corrected chi connectivity index (χ2v) is 2.06. The highest BCUT2D eigenvalue weighted by atomic mass is 15.1. The molecule has 0 saturated carbocycles. The van der Waals surface area contributed by atoms with Crippen molar-refractivity contribution in [2.75, 3.05) is 20.1 Å².